The Bertz CT molecular complexity index is 818. The van der Waals surface area contributed by atoms with Crippen LogP contribution in [0.2, 0.25) is 0 Å². The van der Waals surface area contributed by atoms with Gasteiger partial charge in [0.05, 0.1) is 11.3 Å². The molecule has 1 aliphatic rings. The summed E-state index contributed by atoms with van der Waals surface area (Å²) in [6.45, 7) is 0.0648. The Labute approximate surface area is 163 Å². The van der Waals surface area contributed by atoms with Crippen LogP contribution in [0.3, 0.4) is 0 Å². The summed E-state index contributed by atoms with van der Waals surface area (Å²) < 4.78 is 18.2. The Balaban J connectivity index is 1.51. The maximum Gasteiger partial charge on any atom is 0.253 e. The van der Waals surface area contributed by atoms with Crippen molar-refractivity contribution in [3.8, 4) is 11.3 Å². The zero-order valence-corrected chi connectivity index (χ0v) is 15.8. The highest BCUT2D eigenvalue weighted by atomic mass is 19.1. The molecule has 1 fully saturated rings. The van der Waals surface area contributed by atoms with Crippen LogP contribution >= 0.6 is 0 Å². The van der Waals surface area contributed by atoms with Crippen molar-refractivity contribution >= 4 is 11.8 Å². The van der Waals surface area contributed by atoms with Gasteiger partial charge in [-0.25, -0.2) is 4.39 Å². The minimum atomic E-state index is -0.324. The largest absolute Gasteiger partial charge is 0.375 e. The van der Waals surface area contributed by atoms with Gasteiger partial charge in [0.15, 0.2) is 0 Å². The molecule has 0 atom stereocenters. The maximum absolute atomic E-state index is 13.3. The molecule has 148 valence electrons. The summed E-state index contributed by atoms with van der Waals surface area (Å²) in [4.78, 5) is 28.3. The van der Waals surface area contributed by atoms with E-state index in [0.29, 0.717) is 16.8 Å². The molecule has 1 aromatic heterocycles. The molecule has 1 heterocycles. The number of methoxy groups -OCH3 is 1. The molecule has 1 aromatic carbocycles. The van der Waals surface area contributed by atoms with Crippen molar-refractivity contribution in [2.75, 3.05) is 13.7 Å². The third-order valence-corrected chi connectivity index (χ3v) is 4.85. The summed E-state index contributed by atoms with van der Waals surface area (Å²) in [5.74, 6) is -0.611. The van der Waals surface area contributed by atoms with Crippen molar-refractivity contribution in [2.24, 2.45) is 0 Å². The molecule has 6 nitrogen and oxygen atoms in total. The average Bonchev–Trinajstić information content (AvgIpc) is 2.70. The van der Waals surface area contributed by atoms with Gasteiger partial charge in [0.2, 0.25) is 5.91 Å². The van der Waals surface area contributed by atoms with Crippen LogP contribution in [0, 0.1) is 5.82 Å². The maximum atomic E-state index is 13.3. The number of ether oxygens (including phenoxy) is 1. The molecule has 0 bridgehead atoms. The molecule has 1 saturated carbocycles. The molecule has 0 radical (unpaired) electrons. The summed E-state index contributed by atoms with van der Waals surface area (Å²) in [7, 11) is 1.49. The minimum Gasteiger partial charge on any atom is -0.375 e. The second kappa shape index (κ2) is 9.41. The van der Waals surface area contributed by atoms with Gasteiger partial charge in [-0.1, -0.05) is 12.1 Å². The van der Waals surface area contributed by atoms with Crippen LogP contribution < -0.4 is 10.6 Å². The zero-order valence-electron chi connectivity index (χ0n) is 15.8. The quantitative estimate of drug-likeness (QED) is 0.801. The van der Waals surface area contributed by atoms with E-state index < -0.39 is 0 Å². The third-order valence-electron chi connectivity index (χ3n) is 4.85. The lowest BCUT2D eigenvalue weighted by atomic mass is 9.91. The third kappa shape index (κ3) is 5.36. The lowest BCUT2D eigenvalue weighted by Gasteiger charge is -2.29. The molecule has 1 aliphatic carbocycles. The van der Waals surface area contributed by atoms with Gasteiger partial charge >= 0.3 is 0 Å². The molecule has 0 spiro atoms. The van der Waals surface area contributed by atoms with Crippen LogP contribution in [0.25, 0.3) is 11.3 Å². The highest BCUT2D eigenvalue weighted by Gasteiger charge is 2.24. The Morgan fingerprint density at radius 2 is 1.82 bits per heavy atom. The molecule has 2 N–H and O–H groups in total. The summed E-state index contributed by atoms with van der Waals surface area (Å²) in [6, 6.07) is 9.80. The number of nitrogens with one attached hydrogen (secondary N) is 2. The zero-order chi connectivity index (χ0) is 19.9. The number of nitrogens with zero attached hydrogens (tertiary/aromatic N) is 1. The number of pyridine rings is 1. The first-order chi connectivity index (χ1) is 13.5. The minimum absolute atomic E-state index is 0.0648. The molecule has 2 amide bonds. The molecule has 7 heteroatoms. The molecular weight excluding hydrogens is 361 g/mol. The molecule has 0 unspecified atom stereocenters. The number of hydrogen-bond acceptors (Lipinski definition) is 4. The number of carbonyl (C=O) groups excluding carboxylic acids is 2. The summed E-state index contributed by atoms with van der Waals surface area (Å²) in [6.07, 6.45) is 4.75. The first-order valence-corrected chi connectivity index (χ1v) is 9.36. The lowest BCUT2D eigenvalue weighted by molar-refractivity contribution is -0.125. The van der Waals surface area contributed by atoms with Gasteiger partial charge < -0.3 is 15.4 Å². The highest BCUT2D eigenvalue weighted by molar-refractivity contribution is 5.94. The molecular formula is C21H24FN3O3. The normalized spacial score (nSPS) is 19.1. The smallest absolute Gasteiger partial charge is 0.253 e. The van der Waals surface area contributed by atoms with Crippen LogP contribution in [0.4, 0.5) is 4.39 Å². The monoisotopic (exact) mass is 385 g/mol. The van der Waals surface area contributed by atoms with Crippen LogP contribution in [-0.2, 0) is 9.53 Å². The Morgan fingerprint density at radius 3 is 2.43 bits per heavy atom. The van der Waals surface area contributed by atoms with Crippen LogP contribution in [0.5, 0.6) is 0 Å². The van der Waals surface area contributed by atoms with Crippen LogP contribution in [-0.4, -0.2) is 42.6 Å². The van der Waals surface area contributed by atoms with Gasteiger partial charge in [-0.2, -0.15) is 0 Å². The first kappa shape index (κ1) is 19.9. The van der Waals surface area contributed by atoms with Crippen molar-refractivity contribution in [3.05, 3.63) is 54.0 Å². The molecule has 2 aromatic rings. The number of carbonyl (C=O) groups is 2. The van der Waals surface area contributed by atoms with Crippen LogP contribution in [0.15, 0.2) is 42.6 Å². The van der Waals surface area contributed by atoms with E-state index in [-0.39, 0.29) is 36.3 Å². The van der Waals surface area contributed by atoms with Crippen molar-refractivity contribution in [3.63, 3.8) is 0 Å². The van der Waals surface area contributed by atoms with Crippen molar-refractivity contribution < 1.29 is 18.7 Å². The van der Waals surface area contributed by atoms with E-state index in [1.807, 2.05) is 0 Å². The second-order valence-corrected chi connectivity index (χ2v) is 6.96. The fourth-order valence-corrected chi connectivity index (χ4v) is 3.40. The SMILES string of the molecule is COCC(=O)N[C@H]1CC[C@H](NC(=O)c2ccc(-c3cccc(F)c3)nc2)CC1. The van der Waals surface area contributed by atoms with Gasteiger partial charge in [-0.15, -0.1) is 0 Å². The topological polar surface area (TPSA) is 80.3 Å². The van der Waals surface area contributed by atoms with Gasteiger partial charge in [-0.3, -0.25) is 14.6 Å². The van der Waals surface area contributed by atoms with Gasteiger partial charge in [0.1, 0.15) is 12.4 Å². The standard InChI is InChI=1S/C21H24FN3O3/c1-28-13-20(26)24-17-6-8-18(9-7-17)25-21(27)15-5-10-19(23-12-15)14-3-2-4-16(22)11-14/h2-5,10-12,17-18H,6-9,13H2,1H3,(H,24,26)(H,25,27)/t17-,18-. The first-order valence-electron chi connectivity index (χ1n) is 9.36. The number of hydrogen-bond donors (Lipinski definition) is 2. The van der Waals surface area contributed by atoms with Crippen molar-refractivity contribution in [2.45, 2.75) is 37.8 Å². The fourth-order valence-electron chi connectivity index (χ4n) is 3.40. The van der Waals surface area contributed by atoms with Gasteiger partial charge in [0, 0.05) is 31.0 Å². The summed E-state index contributed by atoms with van der Waals surface area (Å²) in [5, 5.41) is 5.96. The highest BCUT2D eigenvalue weighted by Crippen LogP contribution is 2.20. The Kier molecular flexibility index (Phi) is 6.71. The van der Waals surface area contributed by atoms with E-state index in [1.54, 1.807) is 24.3 Å². The fraction of sp³-hybridized carbons (Fsp3) is 0.381. The number of amides is 2. The molecule has 0 saturated heterocycles. The number of rotatable bonds is 6. The van der Waals surface area contributed by atoms with E-state index in [9.17, 15) is 14.0 Å². The number of aromatic nitrogens is 1. The Hall–Kier alpha value is -2.80. The van der Waals surface area contributed by atoms with E-state index in [1.165, 1.54) is 25.4 Å². The Morgan fingerprint density at radius 1 is 1.11 bits per heavy atom. The molecule has 28 heavy (non-hydrogen) atoms. The average molecular weight is 385 g/mol. The predicted molar refractivity (Wildman–Crippen MR) is 103 cm³/mol. The van der Waals surface area contributed by atoms with E-state index in [4.69, 9.17) is 4.74 Å². The van der Waals surface area contributed by atoms with E-state index >= 15 is 0 Å². The number of benzene rings is 1. The summed E-state index contributed by atoms with van der Waals surface area (Å²) in [5.41, 5.74) is 1.75. The van der Waals surface area contributed by atoms with Gasteiger partial charge in [0.25, 0.3) is 5.91 Å². The van der Waals surface area contributed by atoms with Crippen LogP contribution in [0.1, 0.15) is 36.0 Å². The molecule has 3 rings (SSSR count). The second-order valence-electron chi connectivity index (χ2n) is 6.96. The number of halogens is 1. The van der Waals surface area contributed by atoms with Crippen molar-refractivity contribution in [1.29, 1.82) is 0 Å². The van der Waals surface area contributed by atoms with Gasteiger partial charge in [-0.05, 0) is 49.9 Å². The lowest BCUT2D eigenvalue weighted by Crippen LogP contribution is -2.44. The van der Waals surface area contributed by atoms with E-state index in [2.05, 4.69) is 15.6 Å². The molecule has 0 aliphatic heterocycles. The predicted octanol–water partition coefficient (Wildman–Crippen LogP) is 2.69. The van der Waals surface area contributed by atoms with E-state index in [0.717, 1.165) is 25.7 Å². The summed E-state index contributed by atoms with van der Waals surface area (Å²) >= 11 is 0. The van der Waals surface area contributed by atoms with Crippen molar-refractivity contribution in [1.82, 2.24) is 15.6 Å².